The SMILES string of the molecule is C[C@H]1Cc2cc([C@H](O)CN3CCC(Cc4ccccc4)CC3)ccc2N1S(C)(=O)=O. The molecule has 4 rings (SSSR count). The van der Waals surface area contributed by atoms with E-state index in [-0.39, 0.29) is 6.04 Å². The molecule has 2 aliphatic heterocycles. The number of β-amino-alcohol motifs (C(OH)–C–C–N with tert-alkyl or cyclic N) is 1. The quantitative estimate of drug-likeness (QED) is 0.766. The first-order valence-corrected chi connectivity index (χ1v) is 12.7. The van der Waals surface area contributed by atoms with Crippen molar-refractivity contribution in [1.82, 2.24) is 4.90 Å². The van der Waals surface area contributed by atoms with Gasteiger partial charge in [-0.1, -0.05) is 42.5 Å². The molecular formula is C24H32N2O3S. The first-order chi connectivity index (χ1) is 14.3. The van der Waals surface area contributed by atoms with Gasteiger partial charge in [-0.2, -0.15) is 0 Å². The number of hydrogen-bond acceptors (Lipinski definition) is 4. The van der Waals surface area contributed by atoms with Gasteiger partial charge in [-0.15, -0.1) is 0 Å². The van der Waals surface area contributed by atoms with E-state index in [1.165, 1.54) is 16.1 Å². The van der Waals surface area contributed by atoms with Gasteiger partial charge in [0.05, 0.1) is 18.0 Å². The van der Waals surface area contributed by atoms with Crippen molar-refractivity contribution >= 4 is 15.7 Å². The highest BCUT2D eigenvalue weighted by Crippen LogP contribution is 2.36. The maximum absolute atomic E-state index is 12.1. The van der Waals surface area contributed by atoms with Crippen LogP contribution in [0, 0.1) is 5.92 Å². The lowest BCUT2D eigenvalue weighted by Crippen LogP contribution is -2.37. The fourth-order valence-electron chi connectivity index (χ4n) is 5.01. The zero-order chi connectivity index (χ0) is 21.3. The second-order valence-corrected chi connectivity index (χ2v) is 10.8. The Hall–Kier alpha value is -1.89. The second kappa shape index (κ2) is 8.69. The average Bonchev–Trinajstić information content (AvgIpc) is 3.05. The summed E-state index contributed by atoms with van der Waals surface area (Å²) in [7, 11) is -3.29. The van der Waals surface area contributed by atoms with E-state index in [2.05, 4.69) is 35.2 Å². The Balaban J connectivity index is 1.34. The maximum Gasteiger partial charge on any atom is 0.232 e. The minimum Gasteiger partial charge on any atom is -0.387 e. The third-order valence-electron chi connectivity index (χ3n) is 6.50. The lowest BCUT2D eigenvalue weighted by molar-refractivity contribution is 0.0893. The minimum absolute atomic E-state index is 0.0777. The van der Waals surface area contributed by atoms with Crippen LogP contribution in [0.15, 0.2) is 48.5 Å². The molecule has 2 aromatic carbocycles. The summed E-state index contributed by atoms with van der Waals surface area (Å²) in [4.78, 5) is 2.35. The van der Waals surface area contributed by atoms with E-state index in [1.807, 2.05) is 25.1 Å². The number of fused-ring (bicyclic) bond motifs is 1. The number of sulfonamides is 1. The van der Waals surface area contributed by atoms with Crippen LogP contribution in [0.2, 0.25) is 0 Å². The van der Waals surface area contributed by atoms with E-state index in [0.29, 0.717) is 18.9 Å². The van der Waals surface area contributed by atoms with Crippen molar-refractivity contribution in [2.24, 2.45) is 5.92 Å². The van der Waals surface area contributed by atoms with Gasteiger partial charge in [0, 0.05) is 12.6 Å². The minimum atomic E-state index is -3.29. The fourth-order valence-corrected chi connectivity index (χ4v) is 6.27. The number of benzene rings is 2. The molecule has 162 valence electrons. The summed E-state index contributed by atoms with van der Waals surface area (Å²) in [6, 6.07) is 16.3. The summed E-state index contributed by atoms with van der Waals surface area (Å²) < 4.78 is 25.7. The number of piperidine rings is 1. The van der Waals surface area contributed by atoms with Gasteiger partial charge in [-0.05, 0) is 74.4 Å². The van der Waals surface area contributed by atoms with Crippen LogP contribution >= 0.6 is 0 Å². The molecule has 1 fully saturated rings. The summed E-state index contributed by atoms with van der Waals surface area (Å²) >= 11 is 0. The Morgan fingerprint density at radius 1 is 1.10 bits per heavy atom. The molecule has 1 N–H and O–H groups in total. The summed E-state index contributed by atoms with van der Waals surface area (Å²) in [5.41, 5.74) is 4.04. The Labute approximate surface area is 180 Å². The van der Waals surface area contributed by atoms with Gasteiger partial charge in [-0.25, -0.2) is 8.42 Å². The molecule has 2 aliphatic rings. The van der Waals surface area contributed by atoms with Crippen LogP contribution in [0.4, 0.5) is 5.69 Å². The van der Waals surface area contributed by atoms with Crippen LogP contribution < -0.4 is 4.31 Å². The number of likely N-dealkylation sites (tertiary alicyclic amines) is 1. The van der Waals surface area contributed by atoms with E-state index in [4.69, 9.17) is 0 Å². The van der Waals surface area contributed by atoms with Crippen LogP contribution in [0.3, 0.4) is 0 Å². The Morgan fingerprint density at radius 3 is 2.47 bits per heavy atom. The summed E-state index contributed by atoms with van der Waals surface area (Å²) in [5.74, 6) is 0.712. The zero-order valence-electron chi connectivity index (χ0n) is 17.9. The van der Waals surface area contributed by atoms with Crippen LogP contribution in [0.5, 0.6) is 0 Å². The van der Waals surface area contributed by atoms with Gasteiger partial charge in [0.25, 0.3) is 0 Å². The maximum atomic E-state index is 12.1. The molecule has 5 nitrogen and oxygen atoms in total. The lowest BCUT2D eigenvalue weighted by atomic mass is 9.90. The van der Waals surface area contributed by atoms with Gasteiger partial charge in [0.15, 0.2) is 0 Å². The van der Waals surface area contributed by atoms with Crippen LogP contribution in [0.25, 0.3) is 0 Å². The molecular weight excluding hydrogens is 396 g/mol. The highest BCUT2D eigenvalue weighted by atomic mass is 32.2. The summed E-state index contributed by atoms with van der Waals surface area (Å²) in [6.45, 7) is 4.58. The number of hydrogen-bond donors (Lipinski definition) is 1. The molecule has 0 aromatic heterocycles. The first-order valence-electron chi connectivity index (χ1n) is 10.9. The van der Waals surface area contributed by atoms with E-state index in [0.717, 1.165) is 49.2 Å². The fraction of sp³-hybridized carbons (Fsp3) is 0.500. The van der Waals surface area contributed by atoms with Crippen molar-refractivity contribution in [1.29, 1.82) is 0 Å². The predicted octanol–water partition coefficient (Wildman–Crippen LogP) is 3.39. The standard InChI is InChI=1S/C24H32N2O3S/c1-18-14-22-16-21(8-9-23(22)26(18)30(2,28)29)24(27)17-25-12-10-20(11-13-25)15-19-6-4-3-5-7-19/h3-9,16,18,20,24,27H,10-15,17H2,1-2H3/t18-,24+/m0/s1. The molecule has 0 unspecified atom stereocenters. The number of nitrogens with zero attached hydrogens (tertiary/aromatic N) is 2. The Kier molecular flexibility index (Phi) is 6.19. The largest absolute Gasteiger partial charge is 0.387 e. The van der Waals surface area contributed by atoms with Crippen molar-refractivity contribution in [3.63, 3.8) is 0 Å². The highest BCUT2D eigenvalue weighted by molar-refractivity contribution is 7.92. The summed E-state index contributed by atoms with van der Waals surface area (Å²) in [6.07, 6.45) is 4.84. The number of rotatable bonds is 6. The summed E-state index contributed by atoms with van der Waals surface area (Å²) in [5, 5.41) is 10.8. The second-order valence-electron chi connectivity index (χ2n) is 8.95. The Bertz CT molecular complexity index is 969. The molecule has 0 amide bonds. The van der Waals surface area contributed by atoms with Gasteiger partial charge in [-0.3, -0.25) is 4.31 Å². The molecule has 0 aliphatic carbocycles. The van der Waals surface area contributed by atoms with Crippen LogP contribution in [-0.4, -0.2) is 50.4 Å². The predicted molar refractivity (Wildman–Crippen MR) is 121 cm³/mol. The Morgan fingerprint density at radius 2 is 1.80 bits per heavy atom. The monoisotopic (exact) mass is 428 g/mol. The van der Waals surface area contributed by atoms with Gasteiger partial charge < -0.3 is 10.0 Å². The normalized spacial score (nSPS) is 21.6. The number of anilines is 1. The van der Waals surface area contributed by atoms with E-state index >= 15 is 0 Å². The molecule has 0 bridgehead atoms. The third kappa shape index (κ3) is 4.71. The van der Waals surface area contributed by atoms with Crippen LogP contribution in [-0.2, 0) is 22.9 Å². The first kappa shape index (κ1) is 21.3. The molecule has 6 heteroatoms. The molecule has 0 radical (unpaired) electrons. The van der Waals surface area contributed by atoms with Crippen LogP contribution in [0.1, 0.15) is 42.6 Å². The molecule has 0 saturated carbocycles. The van der Waals surface area contributed by atoms with Gasteiger partial charge in [0.1, 0.15) is 0 Å². The molecule has 0 spiro atoms. The smallest absolute Gasteiger partial charge is 0.232 e. The molecule has 1 saturated heterocycles. The van der Waals surface area contributed by atoms with Crippen molar-refractivity contribution in [2.75, 3.05) is 30.2 Å². The van der Waals surface area contributed by atoms with Crippen molar-refractivity contribution < 1.29 is 13.5 Å². The zero-order valence-corrected chi connectivity index (χ0v) is 18.7. The lowest BCUT2D eigenvalue weighted by Gasteiger charge is -2.33. The number of aliphatic hydroxyl groups excluding tert-OH is 1. The average molecular weight is 429 g/mol. The highest BCUT2D eigenvalue weighted by Gasteiger charge is 2.33. The molecule has 2 atom stereocenters. The molecule has 30 heavy (non-hydrogen) atoms. The van der Waals surface area contributed by atoms with E-state index in [1.54, 1.807) is 0 Å². The van der Waals surface area contributed by atoms with Crippen molar-refractivity contribution in [2.45, 2.75) is 44.8 Å². The molecule has 2 aromatic rings. The molecule has 2 heterocycles. The third-order valence-corrected chi connectivity index (χ3v) is 7.78. The number of aliphatic hydroxyl groups is 1. The van der Waals surface area contributed by atoms with E-state index < -0.39 is 16.1 Å². The van der Waals surface area contributed by atoms with Crippen molar-refractivity contribution in [3.05, 3.63) is 65.2 Å². The van der Waals surface area contributed by atoms with Gasteiger partial charge in [0.2, 0.25) is 10.0 Å². The van der Waals surface area contributed by atoms with E-state index in [9.17, 15) is 13.5 Å². The topological polar surface area (TPSA) is 60.9 Å². The van der Waals surface area contributed by atoms with Gasteiger partial charge >= 0.3 is 0 Å². The van der Waals surface area contributed by atoms with Crippen molar-refractivity contribution in [3.8, 4) is 0 Å².